The Morgan fingerprint density at radius 3 is 2.76 bits per heavy atom. The van der Waals surface area contributed by atoms with Crippen LogP contribution in [0.4, 0.5) is 11.5 Å². The Morgan fingerprint density at radius 2 is 2.24 bits per heavy atom. The molecule has 1 aromatic rings. The van der Waals surface area contributed by atoms with E-state index in [1.165, 1.54) is 0 Å². The largest absolute Gasteiger partial charge is 0.396 e. The summed E-state index contributed by atoms with van der Waals surface area (Å²) in [5.74, 6) is 0.672. The summed E-state index contributed by atoms with van der Waals surface area (Å²) in [4.78, 5) is 15.6. The summed E-state index contributed by atoms with van der Waals surface area (Å²) in [6.07, 6.45) is 2.30. The fourth-order valence-electron chi connectivity index (χ4n) is 1.15. The van der Waals surface area contributed by atoms with Crippen molar-refractivity contribution in [1.82, 2.24) is 4.98 Å². The second-order valence-electron chi connectivity index (χ2n) is 4.08. The van der Waals surface area contributed by atoms with Gasteiger partial charge in [-0.05, 0) is 18.6 Å². The molecule has 0 atom stereocenters. The first-order chi connectivity index (χ1) is 8.13. The molecule has 1 amide bonds. The smallest absolute Gasteiger partial charge is 0.226 e. The number of hydrogen-bond acceptors (Lipinski definition) is 4. The molecule has 0 radical (unpaired) electrons. The third-order valence-corrected chi connectivity index (χ3v) is 2.20. The van der Waals surface area contributed by atoms with Crippen molar-refractivity contribution in [1.29, 1.82) is 0 Å². The average molecular weight is 237 g/mol. The van der Waals surface area contributed by atoms with E-state index in [0.29, 0.717) is 18.7 Å². The van der Waals surface area contributed by atoms with Gasteiger partial charge in [0.25, 0.3) is 0 Å². The first-order valence-corrected chi connectivity index (χ1v) is 5.75. The summed E-state index contributed by atoms with van der Waals surface area (Å²) in [5, 5.41) is 14.5. The SMILES string of the molecule is CC(C)C(=O)Nc1ccc(NCCCO)nc1. The van der Waals surface area contributed by atoms with Crippen LogP contribution in [-0.2, 0) is 4.79 Å². The maximum absolute atomic E-state index is 11.4. The Hall–Kier alpha value is -1.62. The van der Waals surface area contributed by atoms with Crippen LogP contribution in [-0.4, -0.2) is 29.1 Å². The van der Waals surface area contributed by atoms with Gasteiger partial charge >= 0.3 is 0 Å². The summed E-state index contributed by atoms with van der Waals surface area (Å²) in [7, 11) is 0. The molecule has 0 aromatic carbocycles. The number of anilines is 2. The summed E-state index contributed by atoms with van der Waals surface area (Å²) in [5.41, 5.74) is 0.691. The highest BCUT2D eigenvalue weighted by Gasteiger charge is 2.06. The molecule has 5 heteroatoms. The summed E-state index contributed by atoms with van der Waals surface area (Å²) >= 11 is 0. The van der Waals surface area contributed by atoms with Gasteiger partial charge in [0.05, 0.1) is 11.9 Å². The van der Waals surface area contributed by atoms with Crippen molar-refractivity contribution in [2.45, 2.75) is 20.3 Å². The molecule has 5 nitrogen and oxygen atoms in total. The van der Waals surface area contributed by atoms with Gasteiger partial charge in [0.15, 0.2) is 0 Å². The zero-order valence-corrected chi connectivity index (χ0v) is 10.2. The van der Waals surface area contributed by atoms with E-state index in [1.807, 2.05) is 13.8 Å². The third-order valence-electron chi connectivity index (χ3n) is 2.20. The zero-order valence-electron chi connectivity index (χ0n) is 10.2. The van der Waals surface area contributed by atoms with Gasteiger partial charge in [0, 0.05) is 19.1 Å². The Morgan fingerprint density at radius 1 is 1.47 bits per heavy atom. The molecule has 3 N–H and O–H groups in total. The second kappa shape index (κ2) is 6.85. The van der Waals surface area contributed by atoms with Gasteiger partial charge in [-0.15, -0.1) is 0 Å². The Labute approximate surface area is 101 Å². The first kappa shape index (κ1) is 13.4. The number of nitrogens with zero attached hydrogens (tertiary/aromatic N) is 1. The maximum Gasteiger partial charge on any atom is 0.226 e. The quantitative estimate of drug-likeness (QED) is 0.655. The molecule has 94 valence electrons. The minimum atomic E-state index is -0.0441. The lowest BCUT2D eigenvalue weighted by molar-refractivity contribution is -0.118. The zero-order chi connectivity index (χ0) is 12.7. The lowest BCUT2D eigenvalue weighted by Crippen LogP contribution is -2.17. The number of carbonyl (C=O) groups excluding carboxylic acids is 1. The van der Waals surface area contributed by atoms with Crippen molar-refractivity contribution in [2.75, 3.05) is 23.8 Å². The number of hydrogen-bond donors (Lipinski definition) is 3. The van der Waals surface area contributed by atoms with Crippen molar-refractivity contribution in [3.8, 4) is 0 Å². The van der Waals surface area contributed by atoms with E-state index in [9.17, 15) is 4.79 Å². The number of amides is 1. The van der Waals surface area contributed by atoms with Gasteiger partial charge in [-0.1, -0.05) is 13.8 Å². The Bertz CT molecular complexity index is 349. The third kappa shape index (κ3) is 4.82. The highest BCUT2D eigenvalue weighted by atomic mass is 16.3. The fraction of sp³-hybridized carbons (Fsp3) is 0.500. The number of nitrogens with one attached hydrogen (secondary N) is 2. The lowest BCUT2D eigenvalue weighted by atomic mass is 10.2. The summed E-state index contributed by atoms with van der Waals surface area (Å²) in [6, 6.07) is 3.60. The molecule has 0 aliphatic rings. The molecule has 0 fully saturated rings. The first-order valence-electron chi connectivity index (χ1n) is 5.75. The van der Waals surface area contributed by atoms with Crippen LogP contribution in [0.25, 0.3) is 0 Å². The highest BCUT2D eigenvalue weighted by molar-refractivity contribution is 5.91. The molecule has 1 aromatic heterocycles. The second-order valence-corrected chi connectivity index (χ2v) is 4.08. The van der Waals surface area contributed by atoms with E-state index in [-0.39, 0.29) is 18.4 Å². The maximum atomic E-state index is 11.4. The molecule has 17 heavy (non-hydrogen) atoms. The van der Waals surface area contributed by atoms with Crippen molar-refractivity contribution >= 4 is 17.4 Å². The standard InChI is InChI=1S/C12H19N3O2/c1-9(2)12(17)15-10-4-5-11(14-8-10)13-6-3-7-16/h4-5,8-9,16H,3,6-7H2,1-2H3,(H,13,14)(H,15,17). The van der Waals surface area contributed by atoms with E-state index in [2.05, 4.69) is 15.6 Å². The monoisotopic (exact) mass is 237 g/mol. The number of aromatic nitrogens is 1. The molecule has 1 heterocycles. The highest BCUT2D eigenvalue weighted by Crippen LogP contribution is 2.10. The van der Waals surface area contributed by atoms with Crippen LogP contribution >= 0.6 is 0 Å². The van der Waals surface area contributed by atoms with E-state index >= 15 is 0 Å². The van der Waals surface area contributed by atoms with Gasteiger partial charge in [0.1, 0.15) is 5.82 Å². The van der Waals surface area contributed by atoms with Crippen LogP contribution in [0.5, 0.6) is 0 Å². The van der Waals surface area contributed by atoms with Gasteiger partial charge in [-0.2, -0.15) is 0 Å². The Balaban J connectivity index is 2.47. The van der Waals surface area contributed by atoms with Crippen LogP contribution in [0, 0.1) is 5.92 Å². The van der Waals surface area contributed by atoms with Crippen LogP contribution in [0.3, 0.4) is 0 Å². The van der Waals surface area contributed by atoms with E-state index in [0.717, 1.165) is 5.82 Å². The van der Waals surface area contributed by atoms with E-state index in [1.54, 1.807) is 18.3 Å². The van der Waals surface area contributed by atoms with Crippen molar-refractivity contribution in [3.05, 3.63) is 18.3 Å². The van der Waals surface area contributed by atoms with E-state index < -0.39 is 0 Å². The Kier molecular flexibility index (Phi) is 5.42. The number of rotatable bonds is 6. The predicted molar refractivity (Wildman–Crippen MR) is 67.9 cm³/mol. The van der Waals surface area contributed by atoms with E-state index in [4.69, 9.17) is 5.11 Å². The molecule has 0 aliphatic carbocycles. The molecule has 1 rings (SSSR count). The normalized spacial score (nSPS) is 10.4. The summed E-state index contributed by atoms with van der Waals surface area (Å²) < 4.78 is 0. The van der Waals surface area contributed by atoms with Crippen LogP contribution in [0.2, 0.25) is 0 Å². The average Bonchev–Trinajstić information content (AvgIpc) is 2.31. The van der Waals surface area contributed by atoms with Gasteiger partial charge in [0.2, 0.25) is 5.91 Å². The van der Waals surface area contributed by atoms with Gasteiger partial charge in [-0.25, -0.2) is 4.98 Å². The van der Waals surface area contributed by atoms with Crippen molar-refractivity contribution in [3.63, 3.8) is 0 Å². The molecule has 0 spiro atoms. The number of aliphatic hydroxyl groups is 1. The minimum absolute atomic E-state index is 0.0206. The van der Waals surface area contributed by atoms with Crippen LogP contribution < -0.4 is 10.6 Å². The van der Waals surface area contributed by atoms with Gasteiger partial charge < -0.3 is 15.7 Å². The van der Waals surface area contributed by atoms with Gasteiger partial charge in [-0.3, -0.25) is 4.79 Å². The molecule has 0 saturated carbocycles. The van der Waals surface area contributed by atoms with Crippen LogP contribution in [0.1, 0.15) is 20.3 Å². The number of aliphatic hydroxyl groups excluding tert-OH is 1. The molecular weight excluding hydrogens is 218 g/mol. The molecule has 0 aliphatic heterocycles. The minimum Gasteiger partial charge on any atom is -0.396 e. The molecular formula is C12H19N3O2. The molecule has 0 bridgehead atoms. The van der Waals surface area contributed by atoms with Crippen molar-refractivity contribution in [2.24, 2.45) is 5.92 Å². The number of carbonyl (C=O) groups is 1. The number of pyridine rings is 1. The lowest BCUT2D eigenvalue weighted by Gasteiger charge is -2.08. The van der Waals surface area contributed by atoms with Crippen LogP contribution in [0.15, 0.2) is 18.3 Å². The van der Waals surface area contributed by atoms with Crippen molar-refractivity contribution < 1.29 is 9.90 Å². The fourth-order valence-corrected chi connectivity index (χ4v) is 1.15. The topological polar surface area (TPSA) is 74.2 Å². The molecule has 0 unspecified atom stereocenters. The predicted octanol–water partition coefficient (Wildman–Crippen LogP) is 1.47. The summed E-state index contributed by atoms with van der Waals surface area (Å²) in [6.45, 7) is 4.53. The molecule has 0 saturated heterocycles.